The molecule has 78 valence electrons. The maximum atomic E-state index is 13.5. The lowest BCUT2D eigenvalue weighted by Gasteiger charge is -1.94. The van der Waals surface area contributed by atoms with Crippen LogP contribution >= 0.6 is 38.9 Å². The predicted molar refractivity (Wildman–Crippen MR) is 61.5 cm³/mol. The van der Waals surface area contributed by atoms with Gasteiger partial charge in [0.15, 0.2) is 0 Å². The topological polar surface area (TPSA) is 37.3 Å². The van der Waals surface area contributed by atoms with E-state index in [0.717, 1.165) is 11.3 Å². The van der Waals surface area contributed by atoms with E-state index < -0.39 is 11.8 Å². The summed E-state index contributed by atoms with van der Waals surface area (Å²) in [6, 6.07) is 2.90. The van der Waals surface area contributed by atoms with Gasteiger partial charge in [-0.25, -0.2) is 9.18 Å². The molecule has 0 spiro atoms. The smallest absolute Gasteiger partial charge is 0.347 e. The molecule has 0 aliphatic rings. The number of aromatic carboxylic acids is 1. The first kappa shape index (κ1) is 10.9. The van der Waals surface area contributed by atoms with Gasteiger partial charge in [0.1, 0.15) is 10.7 Å². The van der Waals surface area contributed by atoms with Crippen LogP contribution in [0.1, 0.15) is 9.67 Å². The van der Waals surface area contributed by atoms with Gasteiger partial charge in [-0.15, -0.1) is 11.3 Å². The summed E-state index contributed by atoms with van der Waals surface area (Å²) in [5, 5.41) is 8.95. The van der Waals surface area contributed by atoms with Gasteiger partial charge in [-0.3, -0.25) is 0 Å². The fourth-order valence-corrected chi connectivity index (χ4v) is 3.26. The first-order chi connectivity index (χ1) is 7.00. The molecule has 0 saturated heterocycles. The van der Waals surface area contributed by atoms with Crippen molar-refractivity contribution in [2.24, 2.45) is 0 Å². The number of benzene rings is 1. The Bertz CT molecular complexity index is 567. The summed E-state index contributed by atoms with van der Waals surface area (Å²) >= 11 is 9.87. The summed E-state index contributed by atoms with van der Waals surface area (Å²) in [6.07, 6.45) is 0. The third-order valence-corrected chi connectivity index (χ3v) is 3.92. The first-order valence-electron chi connectivity index (χ1n) is 3.81. The molecular weight excluding hydrogens is 307 g/mol. The molecule has 0 atom stereocenters. The molecule has 0 radical (unpaired) electrons. The van der Waals surface area contributed by atoms with Gasteiger partial charge in [0.2, 0.25) is 0 Å². The van der Waals surface area contributed by atoms with E-state index in [1.165, 1.54) is 6.07 Å². The normalized spacial score (nSPS) is 10.9. The Morgan fingerprint density at radius 2 is 2.20 bits per heavy atom. The number of carboxylic acids is 1. The van der Waals surface area contributed by atoms with Crippen LogP contribution in [0.4, 0.5) is 4.39 Å². The molecule has 0 fully saturated rings. The Morgan fingerprint density at radius 3 is 2.80 bits per heavy atom. The van der Waals surface area contributed by atoms with Crippen LogP contribution in [0.2, 0.25) is 5.02 Å². The maximum absolute atomic E-state index is 13.5. The van der Waals surface area contributed by atoms with Crippen molar-refractivity contribution >= 4 is 54.9 Å². The average Bonchev–Trinajstić information content (AvgIpc) is 2.42. The van der Waals surface area contributed by atoms with Gasteiger partial charge in [0.05, 0.1) is 5.02 Å². The summed E-state index contributed by atoms with van der Waals surface area (Å²) in [6.45, 7) is 0. The maximum Gasteiger partial charge on any atom is 0.347 e. The molecule has 2 aromatic rings. The van der Waals surface area contributed by atoms with E-state index >= 15 is 0 Å². The van der Waals surface area contributed by atoms with Crippen LogP contribution in [0, 0.1) is 5.82 Å². The number of hydrogen-bond acceptors (Lipinski definition) is 2. The molecule has 0 aliphatic heterocycles. The summed E-state index contributed by atoms with van der Waals surface area (Å²) < 4.78 is 14.6. The van der Waals surface area contributed by atoms with Gasteiger partial charge in [-0.05, 0) is 12.1 Å². The molecule has 0 aliphatic carbocycles. The molecule has 1 aromatic heterocycles. The summed E-state index contributed by atoms with van der Waals surface area (Å²) in [7, 11) is 0. The van der Waals surface area contributed by atoms with Crippen molar-refractivity contribution in [2.75, 3.05) is 0 Å². The van der Waals surface area contributed by atoms with Crippen LogP contribution in [0.5, 0.6) is 0 Å². The fourth-order valence-electron chi connectivity index (χ4n) is 1.25. The van der Waals surface area contributed by atoms with Crippen LogP contribution in [-0.2, 0) is 0 Å². The minimum atomic E-state index is -1.14. The third kappa shape index (κ3) is 1.75. The fraction of sp³-hybridized carbons (Fsp3) is 0. The largest absolute Gasteiger partial charge is 0.477 e. The second-order valence-corrected chi connectivity index (χ2v) is 5.16. The number of carboxylic acid groups (broad SMARTS) is 1. The van der Waals surface area contributed by atoms with E-state index in [0.29, 0.717) is 9.17 Å². The molecule has 0 bridgehead atoms. The molecule has 15 heavy (non-hydrogen) atoms. The molecule has 1 aromatic carbocycles. The molecule has 0 amide bonds. The minimum absolute atomic E-state index is 0.0347. The number of thiophene rings is 1. The Kier molecular flexibility index (Phi) is 2.70. The standard InChI is InChI=1S/C9H3BrClFO2S/c10-3-1-4(12)6-5(2-3)15-8(7(6)11)9(13)14/h1-2H,(H,13,14). The van der Waals surface area contributed by atoms with Gasteiger partial charge in [0, 0.05) is 14.6 Å². The first-order valence-corrected chi connectivity index (χ1v) is 5.80. The van der Waals surface area contributed by atoms with Crippen molar-refractivity contribution in [2.45, 2.75) is 0 Å². The van der Waals surface area contributed by atoms with E-state index in [2.05, 4.69) is 15.9 Å². The lowest BCUT2D eigenvalue weighted by molar-refractivity contribution is 0.0702. The Morgan fingerprint density at radius 1 is 1.53 bits per heavy atom. The zero-order valence-corrected chi connectivity index (χ0v) is 10.2. The van der Waals surface area contributed by atoms with Gasteiger partial charge in [-0.1, -0.05) is 27.5 Å². The zero-order chi connectivity index (χ0) is 11.2. The van der Waals surface area contributed by atoms with Gasteiger partial charge < -0.3 is 5.11 Å². The van der Waals surface area contributed by atoms with Crippen LogP contribution in [0.25, 0.3) is 10.1 Å². The highest BCUT2D eigenvalue weighted by Gasteiger charge is 2.19. The van der Waals surface area contributed by atoms with Crippen LogP contribution in [0.3, 0.4) is 0 Å². The number of hydrogen-bond donors (Lipinski definition) is 1. The second kappa shape index (κ2) is 3.73. The molecule has 1 N–H and O–H groups in total. The van der Waals surface area contributed by atoms with Crippen molar-refractivity contribution in [1.29, 1.82) is 0 Å². The van der Waals surface area contributed by atoms with Crippen molar-refractivity contribution < 1.29 is 14.3 Å². The highest BCUT2D eigenvalue weighted by Crippen LogP contribution is 2.38. The Balaban J connectivity index is 2.88. The van der Waals surface area contributed by atoms with E-state index in [-0.39, 0.29) is 15.3 Å². The lowest BCUT2D eigenvalue weighted by Crippen LogP contribution is -1.91. The predicted octanol–water partition coefficient (Wildman–Crippen LogP) is 4.15. The molecule has 0 unspecified atom stereocenters. The van der Waals surface area contributed by atoms with Gasteiger partial charge in [-0.2, -0.15) is 0 Å². The Labute approximate surface area is 101 Å². The summed E-state index contributed by atoms with van der Waals surface area (Å²) in [4.78, 5) is 10.7. The highest BCUT2D eigenvalue weighted by molar-refractivity contribution is 9.10. The number of halogens is 3. The minimum Gasteiger partial charge on any atom is -0.477 e. The molecular formula is C9H3BrClFO2S. The quantitative estimate of drug-likeness (QED) is 0.859. The second-order valence-electron chi connectivity index (χ2n) is 2.81. The highest BCUT2D eigenvalue weighted by atomic mass is 79.9. The molecule has 0 saturated carbocycles. The van der Waals surface area contributed by atoms with E-state index in [4.69, 9.17) is 16.7 Å². The van der Waals surface area contributed by atoms with Crippen molar-refractivity contribution in [3.8, 4) is 0 Å². The van der Waals surface area contributed by atoms with Crippen molar-refractivity contribution in [1.82, 2.24) is 0 Å². The van der Waals surface area contributed by atoms with Gasteiger partial charge >= 0.3 is 5.97 Å². The van der Waals surface area contributed by atoms with Gasteiger partial charge in [0.25, 0.3) is 0 Å². The van der Waals surface area contributed by atoms with E-state index in [1.54, 1.807) is 6.07 Å². The Hall–Kier alpha value is -0.650. The van der Waals surface area contributed by atoms with Crippen LogP contribution in [0.15, 0.2) is 16.6 Å². The number of rotatable bonds is 1. The molecule has 2 nitrogen and oxygen atoms in total. The van der Waals surface area contributed by atoms with Crippen molar-refractivity contribution in [3.05, 3.63) is 32.3 Å². The average molecular weight is 310 g/mol. The zero-order valence-electron chi connectivity index (χ0n) is 7.05. The van der Waals surface area contributed by atoms with Crippen LogP contribution in [-0.4, -0.2) is 11.1 Å². The molecule has 2 rings (SSSR count). The van der Waals surface area contributed by atoms with Crippen molar-refractivity contribution in [3.63, 3.8) is 0 Å². The molecule has 6 heteroatoms. The van der Waals surface area contributed by atoms with Crippen LogP contribution < -0.4 is 0 Å². The number of carbonyl (C=O) groups is 1. The lowest BCUT2D eigenvalue weighted by atomic mass is 10.2. The summed E-state index contributed by atoms with van der Waals surface area (Å²) in [5.74, 6) is -1.66. The van der Waals surface area contributed by atoms with E-state index in [1.807, 2.05) is 0 Å². The SMILES string of the molecule is O=C(O)c1sc2cc(Br)cc(F)c2c1Cl. The third-order valence-electron chi connectivity index (χ3n) is 1.84. The monoisotopic (exact) mass is 308 g/mol. The number of fused-ring (bicyclic) bond motifs is 1. The molecule has 1 heterocycles. The van der Waals surface area contributed by atoms with E-state index in [9.17, 15) is 9.18 Å². The summed E-state index contributed by atoms with van der Waals surface area (Å²) in [5.41, 5.74) is 0.